The highest BCUT2D eigenvalue weighted by atomic mass is 19.1. The summed E-state index contributed by atoms with van der Waals surface area (Å²) in [5.74, 6) is -0.280. The zero-order valence-corrected chi connectivity index (χ0v) is 11.3. The van der Waals surface area contributed by atoms with Crippen LogP contribution in [0, 0.1) is 5.82 Å². The van der Waals surface area contributed by atoms with Crippen molar-refractivity contribution in [3.8, 4) is 11.3 Å². The van der Waals surface area contributed by atoms with E-state index >= 15 is 0 Å². The van der Waals surface area contributed by atoms with Gasteiger partial charge >= 0.3 is 0 Å². The van der Waals surface area contributed by atoms with Gasteiger partial charge in [-0.3, -0.25) is 10.00 Å². The Labute approximate surface area is 116 Å². The maximum Gasteiger partial charge on any atom is 0.123 e. The Kier molecular flexibility index (Phi) is 4.84. The average molecular weight is 279 g/mol. The lowest BCUT2D eigenvalue weighted by atomic mass is 10.1. The van der Waals surface area contributed by atoms with E-state index in [0.29, 0.717) is 13.1 Å². The number of nitrogens with zero attached hydrogens (tertiary/aromatic N) is 2. The first-order valence-corrected chi connectivity index (χ1v) is 6.35. The fourth-order valence-electron chi connectivity index (χ4n) is 2.07. The van der Waals surface area contributed by atoms with Gasteiger partial charge in [-0.2, -0.15) is 5.10 Å². The number of halogens is 1. The third-order valence-corrected chi connectivity index (χ3v) is 3.02. The molecule has 20 heavy (non-hydrogen) atoms. The van der Waals surface area contributed by atoms with Gasteiger partial charge in [0.05, 0.1) is 24.6 Å². The van der Waals surface area contributed by atoms with Crippen molar-refractivity contribution in [3.63, 3.8) is 0 Å². The summed E-state index contributed by atoms with van der Waals surface area (Å²) >= 11 is 0. The smallest absolute Gasteiger partial charge is 0.123 e. The monoisotopic (exact) mass is 279 g/mol. The van der Waals surface area contributed by atoms with Crippen molar-refractivity contribution >= 4 is 0 Å². The minimum Gasteiger partial charge on any atom is -0.394 e. The first kappa shape index (κ1) is 14.6. The molecule has 1 aromatic carbocycles. The number of nitrogens with one attached hydrogen (secondary N) is 1. The van der Waals surface area contributed by atoms with Gasteiger partial charge in [0.1, 0.15) is 5.82 Å². The molecule has 1 aromatic heterocycles. The Bertz CT molecular complexity index is 542. The van der Waals surface area contributed by atoms with Crippen molar-refractivity contribution in [3.05, 3.63) is 41.8 Å². The number of benzene rings is 1. The van der Waals surface area contributed by atoms with E-state index in [-0.39, 0.29) is 12.4 Å². The number of aromatic amines is 1. The summed E-state index contributed by atoms with van der Waals surface area (Å²) in [5, 5.41) is 25.2. The number of hydrogen-bond acceptors (Lipinski definition) is 4. The molecule has 0 aliphatic heterocycles. The minimum absolute atomic E-state index is 0.263. The highest BCUT2D eigenvalue weighted by Gasteiger charge is 2.12. The Morgan fingerprint density at radius 2 is 2.05 bits per heavy atom. The molecule has 6 heteroatoms. The molecule has 0 unspecified atom stereocenters. The first-order chi connectivity index (χ1) is 9.60. The van der Waals surface area contributed by atoms with E-state index in [4.69, 9.17) is 5.11 Å². The van der Waals surface area contributed by atoms with Crippen LogP contribution in [0.25, 0.3) is 11.3 Å². The molecule has 0 aliphatic carbocycles. The highest BCUT2D eigenvalue weighted by Crippen LogP contribution is 2.22. The van der Waals surface area contributed by atoms with E-state index in [1.165, 1.54) is 12.1 Å². The standard InChI is InChI=1S/C14H18FN3O2/c1-18(8-13(20)9-19)7-11-6-16-17-14(11)10-2-4-12(15)5-3-10/h2-6,13,19-20H,7-9H2,1H3,(H,16,17)/t13-/m1/s1. The number of aliphatic hydroxyl groups excluding tert-OH is 2. The van der Waals surface area contributed by atoms with Crippen LogP contribution in [0.4, 0.5) is 4.39 Å². The summed E-state index contributed by atoms with van der Waals surface area (Å²) in [6.07, 6.45) is 0.946. The van der Waals surface area contributed by atoms with Gasteiger partial charge in [-0.05, 0) is 31.3 Å². The molecule has 0 bridgehead atoms. The summed E-state index contributed by atoms with van der Waals surface area (Å²) in [4.78, 5) is 1.89. The first-order valence-electron chi connectivity index (χ1n) is 6.35. The summed E-state index contributed by atoms with van der Waals surface area (Å²) < 4.78 is 12.9. The van der Waals surface area contributed by atoms with Crippen molar-refractivity contribution < 1.29 is 14.6 Å². The minimum atomic E-state index is -0.763. The van der Waals surface area contributed by atoms with E-state index in [1.807, 2.05) is 11.9 Å². The Balaban J connectivity index is 2.10. The van der Waals surface area contributed by atoms with Gasteiger partial charge in [0.2, 0.25) is 0 Å². The number of rotatable bonds is 6. The predicted octanol–water partition coefficient (Wildman–Crippen LogP) is 1.00. The van der Waals surface area contributed by atoms with Crippen LogP contribution >= 0.6 is 0 Å². The van der Waals surface area contributed by atoms with Crippen LogP contribution in [-0.2, 0) is 6.54 Å². The number of likely N-dealkylation sites (N-methyl/N-ethyl adjacent to an activating group) is 1. The molecule has 0 aliphatic rings. The normalized spacial score (nSPS) is 12.8. The molecule has 2 aromatic rings. The molecule has 0 spiro atoms. The number of H-pyrrole nitrogens is 1. The second kappa shape index (κ2) is 6.60. The van der Waals surface area contributed by atoms with Gasteiger partial charge < -0.3 is 10.2 Å². The number of hydrogen-bond donors (Lipinski definition) is 3. The van der Waals surface area contributed by atoms with Crippen molar-refractivity contribution in [2.45, 2.75) is 12.6 Å². The zero-order valence-electron chi connectivity index (χ0n) is 11.3. The molecule has 108 valence electrons. The highest BCUT2D eigenvalue weighted by molar-refractivity contribution is 5.62. The lowest BCUT2D eigenvalue weighted by Gasteiger charge is -2.19. The second-order valence-electron chi connectivity index (χ2n) is 4.81. The van der Waals surface area contributed by atoms with Crippen molar-refractivity contribution in [2.24, 2.45) is 0 Å². The fourth-order valence-corrected chi connectivity index (χ4v) is 2.07. The van der Waals surface area contributed by atoms with Crippen molar-refractivity contribution in [1.82, 2.24) is 15.1 Å². The van der Waals surface area contributed by atoms with Gasteiger partial charge in [0.25, 0.3) is 0 Å². The molecule has 2 rings (SSSR count). The largest absolute Gasteiger partial charge is 0.394 e. The molecule has 0 fully saturated rings. The molecular weight excluding hydrogens is 261 g/mol. The van der Waals surface area contributed by atoms with Crippen LogP contribution in [0.15, 0.2) is 30.5 Å². The fraction of sp³-hybridized carbons (Fsp3) is 0.357. The van der Waals surface area contributed by atoms with Gasteiger partial charge in [-0.15, -0.1) is 0 Å². The Morgan fingerprint density at radius 3 is 2.70 bits per heavy atom. The van der Waals surface area contributed by atoms with E-state index < -0.39 is 6.10 Å². The molecule has 0 amide bonds. The van der Waals surface area contributed by atoms with Crippen LogP contribution in [0.5, 0.6) is 0 Å². The summed E-state index contributed by atoms with van der Waals surface area (Å²) in [5.41, 5.74) is 2.63. The van der Waals surface area contributed by atoms with Crippen LogP contribution in [0.2, 0.25) is 0 Å². The van der Waals surface area contributed by atoms with Crippen LogP contribution in [0.1, 0.15) is 5.56 Å². The Hall–Kier alpha value is -1.76. The predicted molar refractivity (Wildman–Crippen MR) is 73.4 cm³/mol. The molecular formula is C14H18FN3O2. The summed E-state index contributed by atoms with van der Waals surface area (Å²) in [6.45, 7) is 0.672. The Morgan fingerprint density at radius 1 is 1.35 bits per heavy atom. The SMILES string of the molecule is CN(Cc1cn[nH]c1-c1ccc(F)cc1)C[C@@H](O)CO. The molecule has 0 saturated carbocycles. The van der Waals surface area contributed by atoms with Gasteiger partial charge in [-0.25, -0.2) is 4.39 Å². The lowest BCUT2D eigenvalue weighted by molar-refractivity contribution is 0.0648. The van der Waals surface area contributed by atoms with E-state index in [1.54, 1.807) is 18.3 Å². The van der Waals surface area contributed by atoms with Crippen LogP contribution in [-0.4, -0.2) is 51.6 Å². The van der Waals surface area contributed by atoms with Gasteiger partial charge in [0.15, 0.2) is 0 Å². The summed E-state index contributed by atoms with van der Waals surface area (Å²) in [6, 6.07) is 6.18. The molecule has 0 saturated heterocycles. The van der Waals surface area contributed by atoms with Crippen LogP contribution in [0.3, 0.4) is 0 Å². The van der Waals surface area contributed by atoms with Crippen LogP contribution < -0.4 is 0 Å². The summed E-state index contributed by atoms with van der Waals surface area (Å²) in [7, 11) is 1.85. The van der Waals surface area contributed by atoms with Gasteiger partial charge in [-0.1, -0.05) is 0 Å². The number of aromatic nitrogens is 2. The maximum atomic E-state index is 12.9. The molecule has 1 atom stereocenters. The quantitative estimate of drug-likeness (QED) is 0.737. The maximum absolute atomic E-state index is 12.9. The molecule has 0 radical (unpaired) electrons. The van der Waals surface area contributed by atoms with Gasteiger partial charge in [0, 0.05) is 24.2 Å². The molecule has 5 nitrogen and oxygen atoms in total. The third kappa shape index (κ3) is 3.63. The second-order valence-corrected chi connectivity index (χ2v) is 4.81. The topological polar surface area (TPSA) is 72.4 Å². The van der Waals surface area contributed by atoms with E-state index in [2.05, 4.69) is 10.2 Å². The van der Waals surface area contributed by atoms with E-state index in [9.17, 15) is 9.50 Å². The third-order valence-electron chi connectivity index (χ3n) is 3.02. The molecule has 1 heterocycles. The van der Waals surface area contributed by atoms with Crippen molar-refractivity contribution in [2.75, 3.05) is 20.2 Å². The average Bonchev–Trinajstić information content (AvgIpc) is 2.87. The van der Waals surface area contributed by atoms with Crippen molar-refractivity contribution in [1.29, 1.82) is 0 Å². The van der Waals surface area contributed by atoms with E-state index in [0.717, 1.165) is 16.8 Å². The lowest BCUT2D eigenvalue weighted by Crippen LogP contribution is -2.31. The molecule has 3 N–H and O–H groups in total. The zero-order chi connectivity index (χ0) is 14.5. The number of aliphatic hydroxyl groups is 2.